The molecule has 100 valence electrons. The van der Waals surface area contributed by atoms with Gasteiger partial charge in [0.1, 0.15) is 0 Å². The van der Waals surface area contributed by atoms with E-state index in [1.807, 2.05) is 37.5 Å². The molecule has 4 heteroatoms. The van der Waals surface area contributed by atoms with E-state index in [4.69, 9.17) is 0 Å². The molecule has 0 atom stereocenters. The molecule has 1 aliphatic rings. The standard InChI is InChI=1S/C15H19N3O/c1-18-9-6-11-10-12(2-3-14(11)18)15(19)17-13-4-7-16-8-5-13/h2-3,6,9-10,13,16H,4-5,7-8H2,1H3,(H,17,19). The van der Waals surface area contributed by atoms with Crippen LogP contribution >= 0.6 is 0 Å². The van der Waals surface area contributed by atoms with Gasteiger partial charge in [0.05, 0.1) is 0 Å². The number of carbonyl (C=O) groups excluding carboxylic acids is 1. The second-order valence-corrected chi connectivity index (χ2v) is 5.20. The number of aryl methyl sites for hydroxylation is 1. The first-order valence-electron chi connectivity index (χ1n) is 6.81. The molecule has 1 amide bonds. The number of benzene rings is 1. The first kappa shape index (κ1) is 12.2. The second-order valence-electron chi connectivity index (χ2n) is 5.20. The largest absolute Gasteiger partial charge is 0.351 e. The van der Waals surface area contributed by atoms with E-state index in [-0.39, 0.29) is 5.91 Å². The van der Waals surface area contributed by atoms with Gasteiger partial charge < -0.3 is 15.2 Å². The summed E-state index contributed by atoms with van der Waals surface area (Å²) >= 11 is 0. The van der Waals surface area contributed by atoms with Crippen molar-refractivity contribution >= 4 is 16.8 Å². The third-order valence-corrected chi connectivity index (χ3v) is 3.82. The minimum Gasteiger partial charge on any atom is -0.351 e. The molecule has 3 rings (SSSR count). The second kappa shape index (κ2) is 5.05. The van der Waals surface area contributed by atoms with Crippen LogP contribution in [0.2, 0.25) is 0 Å². The van der Waals surface area contributed by atoms with Crippen molar-refractivity contribution in [2.45, 2.75) is 18.9 Å². The Bertz CT molecular complexity index is 596. The van der Waals surface area contributed by atoms with E-state index in [1.165, 1.54) is 0 Å². The summed E-state index contributed by atoms with van der Waals surface area (Å²) in [4.78, 5) is 12.2. The molecule has 2 heterocycles. The smallest absolute Gasteiger partial charge is 0.251 e. The number of carbonyl (C=O) groups is 1. The van der Waals surface area contributed by atoms with Gasteiger partial charge in [-0.15, -0.1) is 0 Å². The normalized spacial score (nSPS) is 16.7. The Morgan fingerprint density at radius 2 is 2.11 bits per heavy atom. The van der Waals surface area contributed by atoms with Crippen LogP contribution < -0.4 is 10.6 Å². The van der Waals surface area contributed by atoms with Crippen LogP contribution in [0, 0.1) is 0 Å². The Labute approximate surface area is 112 Å². The number of nitrogens with one attached hydrogen (secondary N) is 2. The highest BCUT2D eigenvalue weighted by Gasteiger charge is 2.16. The Morgan fingerprint density at radius 1 is 1.32 bits per heavy atom. The molecule has 2 aromatic rings. The molecule has 2 N–H and O–H groups in total. The van der Waals surface area contributed by atoms with E-state index in [9.17, 15) is 4.79 Å². The number of piperidine rings is 1. The van der Waals surface area contributed by atoms with Crippen molar-refractivity contribution in [3.63, 3.8) is 0 Å². The van der Waals surface area contributed by atoms with E-state index in [0.29, 0.717) is 6.04 Å². The van der Waals surface area contributed by atoms with Crippen LogP contribution in [0.5, 0.6) is 0 Å². The minimum absolute atomic E-state index is 0.0395. The molecular formula is C15H19N3O. The molecule has 0 spiro atoms. The van der Waals surface area contributed by atoms with Crippen molar-refractivity contribution in [2.75, 3.05) is 13.1 Å². The third-order valence-electron chi connectivity index (χ3n) is 3.82. The number of nitrogens with zero attached hydrogens (tertiary/aromatic N) is 1. The van der Waals surface area contributed by atoms with Crippen molar-refractivity contribution in [3.8, 4) is 0 Å². The quantitative estimate of drug-likeness (QED) is 0.859. The predicted octanol–water partition coefficient (Wildman–Crippen LogP) is 1.66. The molecule has 1 fully saturated rings. The lowest BCUT2D eigenvalue weighted by atomic mass is 10.1. The maximum atomic E-state index is 12.2. The molecule has 0 bridgehead atoms. The van der Waals surface area contributed by atoms with Gasteiger partial charge in [-0.1, -0.05) is 0 Å². The molecule has 1 aromatic carbocycles. The number of rotatable bonds is 2. The Hall–Kier alpha value is -1.81. The van der Waals surface area contributed by atoms with Gasteiger partial charge in [-0.05, 0) is 50.2 Å². The molecule has 1 aromatic heterocycles. The highest BCUT2D eigenvalue weighted by molar-refractivity contribution is 5.98. The van der Waals surface area contributed by atoms with E-state index in [0.717, 1.165) is 42.4 Å². The van der Waals surface area contributed by atoms with Crippen LogP contribution in [0.15, 0.2) is 30.5 Å². The van der Waals surface area contributed by atoms with Gasteiger partial charge in [0.15, 0.2) is 0 Å². The van der Waals surface area contributed by atoms with Gasteiger partial charge >= 0.3 is 0 Å². The summed E-state index contributed by atoms with van der Waals surface area (Å²) in [5, 5.41) is 7.53. The number of hydrogen-bond acceptors (Lipinski definition) is 2. The molecular weight excluding hydrogens is 238 g/mol. The Kier molecular flexibility index (Phi) is 3.25. The lowest BCUT2D eigenvalue weighted by Crippen LogP contribution is -2.42. The molecule has 1 aliphatic heterocycles. The van der Waals surface area contributed by atoms with E-state index in [1.54, 1.807) is 0 Å². The summed E-state index contributed by atoms with van der Waals surface area (Å²) in [5.41, 5.74) is 1.90. The van der Waals surface area contributed by atoms with Gasteiger partial charge in [0.25, 0.3) is 5.91 Å². The summed E-state index contributed by atoms with van der Waals surface area (Å²) in [6.45, 7) is 1.98. The van der Waals surface area contributed by atoms with Gasteiger partial charge in [0, 0.05) is 35.8 Å². The molecule has 4 nitrogen and oxygen atoms in total. The number of fused-ring (bicyclic) bond motifs is 1. The average molecular weight is 257 g/mol. The van der Waals surface area contributed by atoms with Gasteiger partial charge in [0.2, 0.25) is 0 Å². The highest BCUT2D eigenvalue weighted by atomic mass is 16.1. The number of hydrogen-bond donors (Lipinski definition) is 2. The van der Waals surface area contributed by atoms with E-state index in [2.05, 4.69) is 15.2 Å². The van der Waals surface area contributed by atoms with E-state index >= 15 is 0 Å². The summed E-state index contributed by atoms with van der Waals surface area (Å²) in [6, 6.07) is 8.22. The van der Waals surface area contributed by atoms with Crippen molar-refractivity contribution in [1.29, 1.82) is 0 Å². The van der Waals surface area contributed by atoms with Gasteiger partial charge in [-0.3, -0.25) is 4.79 Å². The summed E-state index contributed by atoms with van der Waals surface area (Å²) in [5.74, 6) is 0.0395. The first-order valence-corrected chi connectivity index (χ1v) is 6.81. The third kappa shape index (κ3) is 2.49. The van der Waals surface area contributed by atoms with Crippen LogP contribution in [-0.4, -0.2) is 29.6 Å². The zero-order valence-electron chi connectivity index (χ0n) is 11.1. The van der Waals surface area contributed by atoms with Crippen molar-refractivity contribution in [1.82, 2.24) is 15.2 Å². The molecule has 0 aliphatic carbocycles. The molecule has 0 saturated carbocycles. The monoisotopic (exact) mass is 257 g/mol. The molecule has 0 unspecified atom stereocenters. The summed E-state index contributed by atoms with van der Waals surface area (Å²) < 4.78 is 2.06. The fraction of sp³-hybridized carbons (Fsp3) is 0.400. The van der Waals surface area contributed by atoms with Crippen LogP contribution in [0.3, 0.4) is 0 Å². The lowest BCUT2D eigenvalue weighted by molar-refractivity contribution is 0.0929. The van der Waals surface area contributed by atoms with Crippen LogP contribution in [-0.2, 0) is 7.05 Å². The fourth-order valence-electron chi connectivity index (χ4n) is 2.66. The van der Waals surface area contributed by atoms with Crippen LogP contribution in [0.25, 0.3) is 10.9 Å². The maximum Gasteiger partial charge on any atom is 0.251 e. The number of aromatic nitrogens is 1. The SMILES string of the molecule is Cn1ccc2cc(C(=O)NC3CCNCC3)ccc21. The Balaban J connectivity index is 1.77. The van der Waals surface area contributed by atoms with Crippen molar-refractivity contribution < 1.29 is 4.79 Å². The lowest BCUT2D eigenvalue weighted by Gasteiger charge is -2.23. The minimum atomic E-state index is 0.0395. The first-order chi connectivity index (χ1) is 9.24. The Morgan fingerprint density at radius 3 is 2.89 bits per heavy atom. The molecule has 0 radical (unpaired) electrons. The van der Waals surface area contributed by atoms with Crippen molar-refractivity contribution in [3.05, 3.63) is 36.0 Å². The average Bonchev–Trinajstić information content (AvgIpc) is 2.81. The topological polar surface area (TPSA) is 46.1 Å². The molecule has 19 heavy (non-hydrogen) atoms. The molecule has 1 saturated heterocycles. The van der Waals surface area contributed by atoms with Gasteiger partial charge in [-0.2, -0.15) is 0 Å². The van der Waals surface area contributed by atoms with Crippen LogP contribution in [0.1, 0.15) is 23.2 Å². The number of amides is 1. The van der Waals surface area contributed by atoms with E-state index < -0.39 is 0 Å². The fourth-order valence-corrected chi connectivity index (χ4v) is 2.66. The van der Waals surface area contributed by atoms with Gasteiger partial charge in [-0.25, -0.2) is 0 Å². The maximum absolute atomic E-state index is 12.2. The van der Waals surface area contributed by atoms with Crippen LogP contribution in [0.4, 0.5) is 0 Å². The highest BCUT2D eigenvalue weighted by Crippen LogP contribution is 2.17. The zero-order valence-corrected chi connectivity index (χ0v) is 11.1. The predicted molar refractivity (Wildman–Crippen MR) is 76.3 cm³/mol. The van der Waals surface area contributed by atoms with Crippen molar-refractivity contribution in [2.24, 2.45) is 7.05 Å². The zero-order chi connectivity index (χ0) is 13.2. The summed E-state index contributed by atoms with van der Waals surface area (Å²) in [7, 11) is 2.01. The summed E-state index contributed by atoms with van der Waals surface area (Å²) in [6.07, 6.45) is 4.04.